The maximum atomic E-state index is 5.18. The lowest BCUT2D eigenvalue weighted by Gasteiger charge is -2.14. The minimum absolute atomic E-state index is 0.635. The number of anilines is 1. The van der Waals surface area contributed by atoms with Gasteiger partial charge in [0.05, 0.1) is 5.69 Å². The van der Waals surface area contributed by atoms with Crippen molar-refractivity contribution >= 4 is 34.8 Å². The van der Waals surface area contributed by atoms with Gasteiger partial charge in [0, 0.05) is 6.54 Å². The Morgan fingerprint density at radius 1 is 1.33 bits per heavy atom. The van der Waals surface area contributed by atoms with Crippen LogP contribution in [0.25, 0.3) is 0 Å². The van der Waals surface area contributed by atoms with Crippen LogP contribution in [0.3, 0.4) is 0 Å². The molecule has 3 nitrogen and oxygen atoms in total. The van der Waals surface area contributed by atoms with Crippen LogP contribution in [-0.2, 0) is 0 Å². The summed E-state index contributed by atoms with van der Waals surface area (Å²) in [4.78, 5) is 0. The van der Waals surface area contributed by atoms with Crippen molar-refractivity contribution in [1.29, 1.82) is 0 Å². The first kappa shape index (κ1) is 15.1. The van der Waals surface area contributed by atoms with E-state index in [2.05, 4.69) is 48.4 Å². The number of rotatable bonds is 6. The molecule has 0 spiro atoms. The number of thiocarbonyl (C=S) groups is 1. The molecular formula is C13H21N3S2. The summed E-state index contributed by atoms with van der Waals surface area (Å²) >= 11 is 7.03. The van der Waals surface area contributed by atoms with Crippen molar-refractivity contribution < 1.29 is 0 Å². The topological polar surface area (TPSA) is 36.1 Å². The Morgan fingerprint density at radius 2 is 2.11 bits per heavy atom. The van der Waals surface area contributed by atoms with Crippen molar-refractivity contribution in [3.8, 4) is 0 Å². The Labute approximate surface area is 119 Å². The van der Waals surface area contributed by atoms with E-state index in [1.807, 2.05) is 17.8 Å². The van der Waals surface area contributed by atoms with E-state index >= 15 is 0 Å². The third-order valence-electron chi connectivity index (χ3n) is 2.50. The van der Waals surface area contributed by atoms with Crippen LogP contribution >= 0.6 is 24.0 Å². The number of thioether (sulfide) groups is 1. The SMILES string of the molecule is CSCCCNC(=S)NNc1ccc(C)cc1C. The second-order valence-corrected chi connectivity index (χ2v) is 5.56. The molecule has 0 aliphatic rings. The van der Waals surface area contributed by atoms with Gasteiger partial charge >= 0.3 is 0 Å². The lowest BCUT2D eigenvalue weighted by Crippen LogP contribution is -2.39. The summed E-state index contributed by atoms with van der Waals surface area (Å²) in [6.07, 6.45) is 3.23. The summed E-state index contributed by atoms with van der Waals surface area (Å²) < 4.78 is 0. The van der Waals surface area contributed by atoms with Crippen molar-refractivity contribution in [3.63, 3.8) is 0 Å². The molecule has 100 valence electrons. The van der Waals surface area contributed by atoms with Gasteiger partial charge in [-0.15, -0.1) is 0 Å². The Morgan fingerprint density at radius 3 is 2.78 bits per heavy atom. The predicted octanol–water partition coefficient (Wildman–Crippen LogP) is 2.85. The van der Waals surface area contributed by atoms with Gasteiger partial charge in [-0.2, -0.15) is 11.8 Å². The molecular weight excluding hydrogens is 262 g/mol. The quantitative estimate of drug-likeness (QED) is 0.425. The Bertz CT molecular complexity index is 394. The monoisotopic (exact) mass is 283 g/mol. The zero-order valence-corrected chi connectivity index (χ0v) is 12.8. The van der Waals surface area contributed by atoms with Crippen molar-refractivity contribution in [3.05, 3.63) is 29.3 Å². The summed E-state index contributed by atoms with van der Waals surface area (Å²) in [5.74, 6) is 1.15. The lowest BCUT2D eigenvalue weighted by atomic mass is 10.1. The highest BCUT2D eigenvalue weighted by Gasteiger charge is 1.98. The third kappa shape index (κ3) is 5.60. The van der Waals surface area contributed by atoms with E-state index in [0.29, 0.717) is 5.11 Å². The fourth-order valence-electron chi connectivity index (χ4n) is 1.54. The second kappa shape index (κ2) is 8.21. The normalized spacial score (nSPS) is 9.94. The summed E-state index contributed by atoms with van der Waals surface area (Å²) in [7, 11) is 0. The third-order valence-corrected chi connectivity index (χ3v) is 3.45. The van der Waals surface area contributed by atoms with Gasteiger partial charge in [-0.05, 0) is 56.1 Å². The molecule has 0 aliphatic heterocycles. The number of nitrogens with one attached hydrogen (secondary N) is 3. The van der Waals surface area contributed by atoms with Gasteiger partial charge < -0.3 is 5.32 Å². The van der Waals surface area contributed by atoms with Gasteiger partial charge in [-0.25, -0.2) is 0 Å². The smallest absolute Gasteiger partial charge is 0.185 e. The molecule has 0 aliphatic carbocycles. The van der Waals surface area contributed by atoms with Crippen molar-refractivity contribution in [1.82, 2.24) is 10.7 Å². The molecule has 0 radical (unpaired) electrons. The number of hydrogen-bond acceptors (Lipinski definition) is 3. The van der Waals surface area contributed by atoms with Crippen LogP contribution in [0.1, 0.15) is 17.5 Å². The summed E-state index contributed by atoms with van der Waals surface area (Å²) in [5, 5.41) is 3.80. The molecule has 0 aromatic heterocycles. The van der Waals surface area contributed by atoms with Crippen LogP contribution in [0, 0.1) is 13.8 Å². The van der Waals surface area contributed by atoms with Gasteiger partial charge in [-0.3, -0.25) is 10.9 Å². The van der Waals surface area contributed by atoms with E-state index in [0.717, 1.165) is 24.4 Å². The Hall–Kier alpha value is -0.940. The van der Waals surface area contributed by atoms with Crippen LogP contribution in [0.15, 0.2) is 18.2 Å². The molecule has 1 aromatic rings. The van der Waals surface area contributed by atoms with Gasteiger partial charge in [0.2, 0.25) is 0 Å². The van der Waals surface area contributed by atoms with Crippen LogP contribution in [0.4, 0.5) is 5.69 Å². The molecule has 18 heavy (non-hydrogen) atoms. The highest BCUT2D eigenvalue weighted by molar-refractivity contribution is 7.98. The minimum Gasteiger partial charge on any atom is -0.361 e. The largest absolute Gasteiger partial charge is 0.361 e. The minimum atomic E-state index is 0.635. The first-order valence-corrected chi connectivity index (χ1v) is 7.79. The number of hydrazine groups is 1. The molecule has 0 amide bonds. The van der Waals surface area contributed by atoms with E-state index in [9.17, 15) is 0 Å². The van der Waals surface area contributed by atoms with Gasteiger partial charge in [0.15, 0.2) is 5.11 Å². The van der Waals surface area contributed by atoms with Crippen molar-refractivity contribution in [2.45, 2.75) is 20.3 Å². The zero-order chi connectivity index (χ0) is 13.4. The molecule has 0 atom stereocenters. The fourth-order valence-corrected chi connectivity index (χ4v) is 2.13. The van der Waals surface area contributed by atoms with Crippen molar-refractivity contribution in [2.24, 2.45) is 0 Å². The Kier molecular flexibility index (Phi) is 6.90. The molecule has 0 bridgehead atoms. The molecule has 0 fully saturated rings. The van der Waals surface area contributed by atoms with Crippen LogP contribution in [0.5, 0.6) is 0 Å². The molecule has 0 saturated heterocycles. The molecule has 5 heteroatoms. The van der Waals surface area contributed by atoms with Crippen LogP contribution < -0.4 is 16.2 Å². The summed E-state index contributed by atoms with van der Waals surface area (Å²) in [6, 6.07) is 6.26. The number of hydrogen-bond donors (Lipinski definition) is 3. The van der Waals surface area contributed by atoms with Crippen molar-refractivity contribution in [2.75, 3.05) is 24.0 Å². The molecule has 1 rings (SSSR count). The van der Waals surface area contributed by atoms with Gasteiger partial charge in [0.1, 0.15) is 0 Å². The van der Waals surface area contributed by atoms with E-state index in [1.54, 1.807) is 0 Å². The molecule has 3 N–H and O–H groups in total. The molecule has 1 aromatic carbocycles. The number of aryl methyl sites for hydroxylation is 2. The van der Waals surface area contributed by atoms with Gasteiger partial charge in [0.25, 0.3) is 0 Å². The highest BCUT2D eigenvalue weighted by Crippen LogP contribution is 2.14. The van der Waals surface area contributed by atoms with E-state index in [1.165, 1.54) is 11.1 Å². The van der Waals surface area contributed by atoms with E-state index in [-0.39, 0.29) is 0 Å². The standard InChI is InChI=1S/C13H21N3S2/c1-10-5-6-12(11(2)9-10)15-16-13(17)14-7-4-8-18-3/h5-6,9,15H,4,7-8H2,1-3H3,(H2,14,16,17). The van der Waals surface area contributed by atoms with Crippen LogP contribution in [-0.4, -0.2) is 23.7 Å². The first-order valence-electron chi connectivity index (χ1n) is 5.99. The molecule has 0 heterocycles. The van der Waals surface area contributed by atoms with E-state index < -0.39 is 0 Å². The van der Waals surface area contributed by atoms with E-state index in [4.69, 9.17) is 12.2 Å². The Balaban J connectivity index is 2.29. The molecule has 0 unspecified atom stereocenters. The summed E-state index contributed by atoms with van der Waals surface area (Å²) in [6.45, 7) is 5.06. The van der Waals surface area contributed by atoms with Crippen LogP contribution in [0.2, 0.25) is 0 Å². The average molecular weight is 283 g/mol. The molecule has 0 saturated carbocycles. The summed E-state index contributed by atoms with van der Waals surface area (Å²) in [5.41, 5.74) is 9.63. The second-order valence-electron chi connectivity index (χ2n) is 4.17. The maximum Gasteiger partial charge on any atom is 0.185 e. The lowest BCUT2D eigenvalue weighted by molar-refractivity contribution is 0.833. The maximum absolute atomic E-state index is 5.18. The van der Waals surface area contributed by atoms with Gasteiger partial charge in [-0.1, -0.05) is 17.7 Å². The predicted molar refractivity (Wildman–Crippen MR) is 86.3 cm³/mol. The number of benzene rings is 1. The highest BCUT2D eigenvalue weighted by atomic mass is 32.2. The fraction of sp³-hybridized carbons (Fsp3) is 0.462. The first-order chi connectivity index (χ1) is 8.63. The average Bonchev–Trinajstić information content (AvgIpc) is 2.33. The zero-order valence-electron chi connectivity index (χ0n) is 11.2.